The molecular weight excluding hydrogens is 261 g/mol. The van der Waals surface area contributed by atoms with E-state index >= 15 is 0 Å². The molecule has 1 rings (SSSR count). The molecule has 0 bridgehead atoms. The molecule has 0 fully saturated rings. The van der Waals surface area contributed by atoms with Gasteiger partial charge in [-0.15, -0.1) is 0 Å². The minimum atomic E-state index is -1.05. The summed E-state index contributed by atoms with van der Waals surface area (Å²) in [6.45, 7) is 4.59. The van der Waals surface area contributed by atoms with Crippen LogP contribution in [0.25, 0.3) is 6.08 Å². The zero-order valence-electron chi connectivity index (χ0n) is 11.8. The van der Waals surface area contributed by atoms with E-state index in [1.807, 2.05) is 18.9 Å². The summed E-state index contributed by atoms with van der Waals surface area (Å²) in [5.74, 6) is -1.42. The van der Waals surface area contributed by atoms with Gasteiger partial charge in [0.15, 0.2) is 0 Å². The third-order valence-electron chi connectivity index (χ3n) is 2.67. The number of ether oxygens (including phenoxy) is 1. The number of carboxylic acid groups (broad SMARTS) is 1. The van der Waals surface area contributed by atoms with Crippen LogP contribution < -0.4 is 0 Å². The van der Waals surface area contributed by atoms with Crippen molar-refractivity contribution in [1.29, 1.82) is 0 Å². The average Bonchev–Trinajstić information content (AvgIpc) is 2.36. The zero-order chi connectivity index (χ0) is 15.0. The fourth-order valence-corrected chi connectivity index (χ4v) is 1.79. The molecule has 0 heterocycles. The van der Waals surface area contributed by atoms with E-state index in [2.05, 4.69) is 0 Å². The van der Waals surface area contributed by atoms with Gasteiger partial charge in [0.25, 0.3) is 0 Å². The lowest BCUT2D eigenvalue weighted by Crippen LogP contribution is -2.22. The van der Waals surface area contributed by atoms with Crippen LogP contribution in [0.1, 0.15) is 18.1 Å². The highest BCUT2D eigenvalue weighted by Gasteiger charge is 2.04. The SMILES string of the molecule is CCOCCN(C)Cc1cc(F)cc(/C=C/C(=O)O)c1. The molecule has 0 radical (unpaired) electrons. The minimum Gasteiger partial charge on any atom is -0.478 e. The number of aliphatic carboxylic acids is 1. The van der Waals surface area contributed by atoms with Crippen molar-refractivity contribution in [3.63, 3.8) is 0 Å². The summed E-state index contributed by atoms with van der Waals surface area (Å²) >= 11 is 0. The molecule has 20 heavy (non-hydrogen) atoms. The molecule has 4 nitrogen and oxygen atoms in total. The second-order valence-corrected chi connectivity index (χ2v) is 4.50. The predicted molar refractivity (Wildman–Crippen MR) is 75.9 cm³/mol. The second kappa shape index (κ2) is 8.45. The van der Waals surface area contributed by atoms with Gasteiger partial charge in [0, 0.05) is 25.8 Å². The standard InChI is InChI=1S/C15H20FNO3/c1-3-20-7-6-17(2)11-13-8-12(4-5-15(18)19)9-14(16)10-13/h4-5,8-10H,3,6-7,11H2,1-2H3,(H,18,19)/b5-4+. The van der Waals surface area contributed by atoms with E-state index < -0.39 is 5.97 Å². The van der Waals surface area contributed by atoms with Gasteiger partial charge in [0.05, 0.1) is 6.61 Å². The average molecular weight is 281 g/mol. The lowest BCUT2D eigenvalue weighted by Gasteiger charge is -2.16. The van der Waals surface area contributed by atoms with E-state index in [1.54, 1.807) is 6.07 Å². The summed E-state index contributed by atoms with van der Waals surface area (Å²) in [5.41, 5.74) is 1.34. The highest BCUT2D eigenvalue weighted by atomic mass is 19.1. The molecule has 0 spiro atoms. The fraction of sp³-hybridized carbons (Fsp3) is 0.400. The van der Waals surface area contributed by atoms with Crippen LogP contribution in [0.4, 0.5) is 4.39 Å². The quantitative estimate of drug-likeness (QED) is 0.587. The van der Waals surface area contributed by atoms with E-state index in [0.29, 0.717) is 25.3 Å². The zero-order valence-corrected chi connectivity index (χ0v) is 11.8. The Bertz CT molecular complexity index is 474. The van der Waals surface area contributed by atoms with Gasteiger partial charge in [-0.05, 0) is 43.3 Å². The van der Waals surface area contributed by atoms with E-state index in [4.69, 9.17) is 9.84 Å². The lowest BCUT2D eigenvalue weighted by molar-refractivity contribution is -0.131. The molecule has 0 saturated heterocycles. The molecule has 1 aromatic rings. The summed E-state index contributed by atoms with van der Waals surface area (Å²) in [4.78, 5) is 12.5. The number of likely N-dealkylation sites (N-methyl/N-ethyl adjacent to an activating group) is 1. The van der Waals surface area contributed by atoms with E-state index in [-0.39, 0.29) is 5.82 Å². The Morgan fingerprint density at radius 3 is 2.85 bits per heavy atom. The Hall–Kier alpha value is -1.72. The first-order valence-electron chi connectivity index (χ1n) is 6.48. The summed E-state index contributed by atoms with van der Waals surface area (Å²) in [5, 5.41) is 8.58. The molecule has 0 unspecified atom stereocenters. The topological polar surface area (TPSA) is 49.8 Å². The molecule has 5 heteroatoms. The Labute approximate surface area is 118 Å². The van der Waals surface area contributed by atoms with Crippen molar-refractivity contribution in [2.75, 3.05) is 26.8 Å². The van der Waals surface area contributed by atoms with Gasteiger partial charge in [0.1, 0.15) is 5.82 Å². The lowest BCUT2D eigenvalue weighted by atomic mass is 10.1. The van der Waals surface area contributed by atoms with Crippen molar-refractivity contribution in [1.82, 2.24) is 4.90 Å². The number of carbonyl (C=O) groups is 1. The van der Waals surface area contributed by atoms with Gasteiger partial charge in [-0.1, -0.05) is 6.07 Å². The van der Waals surface area contributed by atoms with Gasteiger partial charge in [-0.2, -0.15) is 0 Å². The molecule has 0 aliphatic carbocycles. The van der Waals surface area contributed by atoms with E-state index in [0.717, 1.165) is 18.2 Å². The molecule has 0 atom stereocenters. The fourth-order valence-electron chi connectivity index (χ4n) is 1.79. The summed E-state index contributed by atoms with van der Waals surface area (Å²) in [7, 11) is 1.93. The maximum atomic E-state index is 13.5. The third kappa shape index (κ3) is 6.45. The second-order valence-electron chi connectivity index (χ2n) is 4.50. The van der Waals surface area contributed by atoms with Gasteiger partial charge >= 0.3 is 5.97 Å². The van der Waals surface area contributed by atoms with Crippen LogP contribution in [-0.4, -0.2) is 42.8 Å². The number of halogens is 1. The van der Waals surface area contributed by atoms with Crippen LogP contribution >= 0.6 is 0 Å². The van der Waals surface area contributed by atoms with Crippen molar-refractivity contribution >= 4 is 12.0 Å². The smallest absolute Gasteiger partial charge is 0.328 e. The monoisotopic (exact) mass is 281 g/mol. The number of hydrogen-bond donors (Lipinski definition) is 1. The Kier molecular flexibility index (Phi) is 6.90. The Morgan fingerprint density at radius 2 is 2.20 bits per heavy atom. The van der Waals surface area contributed by atoms with Crippen molar-refractivity contribution in [3.05, 3.63) is 41.2 Å². The third-order valence-corrected chi connectivity index (χ3v) is 2.67. The van der Waals surface area contributed by atoms with Crippen molar-refractivity contribution in [2.45, 2.75) is 13.5 Å². The molecule has 0 aliphatic heterocycles. The highest BCUT2D eigenvalue weighted by Crippen LogP contribution is 2.12. The molecule has 0 aliphatic rings. The predicted octanol–water partition coefficient (Wildman–Crippen LogP) is 2.39. The van der Waals surface area contributed by atoms with Gasteiger partial charge in [-0.3, -0.25) is 4.90 Å². The van der Waals surface area contributed by atoms with Crippen molar-refractivity contribution < 1.29 is 19.0 Å². The first-order chi connectivity index (χ1) is 9.51. The first kappa shape index (κ1) is 16.3. The van der Waals surface area contributed by atoms with Crippen LogP contribution in [0.15, 0.2) is 24.3 Å². The largest absolute Gasteiger partial charge is 0.478 e. The highest BCUT2D eigenvalue weighted by molar-refractivity contribution is 5.85. The van der Waals surface area contributed by atoms with Gasteiger partial charge in [-0.25, -0.2) is 9.18 Å². The molecule has 0 saturated carbocycles. The maximum absolute atomic E-state index is 13.5. The number of benzene rings is 1. The Balaban J connectivity index is 2.67. The molecule has 1 aromatic carbocycles. The molecule has 110 valence electrons. The summed E-state index contributed by atoms with van der Waals surface area (Å²) in [6, 6.07) is 4.54. The number of carboxylic acids is 1. The first-order valence-corrected chi connectivity index (χ1v) is 6.48. The normalized spacial score (nSPS) is 11.4. The van der Waals surface area contributed by atoms with Gasteiger partial charge < -0.3 is 9.84 Å². The van der Waals surface area contributed by atoms with E-state index in [1.165, 1.54) is 18.2 Å². The van der Waals surface area contributed by atoms with Gasteiger partial charge in [0.2, 0.25) is 0 Å². The van der Waals surface area contributed by atoms with Crippen LogP contribution in [0.5, 0.6) is 0 Å². The van der Waals surface area contributed by atoms with Crippen LogP contribution in [-0.2, 0) is 16.1 Å². The summed E-state index contributed by atoms with van der Waals surface area (Å²) in [6.07, 6.45) is 2.38. The molecule has 0 aromatic heterocycles. The number of rotatable bonds is 8. The molecule has 0 amide bonds. The number of nitrogens with zero attached hydrogens (tertiary/aromatic N) is 1. The minimum absolute atomic E-state index is 0.370. The molecule has 1 N–H and O–H groups in total. The number of hydrogen-bond acceptors (Lipinski definition) is 3. The van der Waals surface area contributed by atoms with Crippen molar-refractivity contribution in [3.8, 4) is 0 Å². The molecular formula is C15H20FNO3. The van der Waals surface area contributed by atoms with E-state index in [9.17, 15) is 9.18 Å². The van der Waals surface area contributed by atoms with Crippen LogP contribution in [0, 0.1) is 5.82 Å². The maximum Gasteiger partial charge on any atom is 0.328 e. The van der Waals surface area contributed by atoms with Crippen LogP contribution in [0.2, 0.25) is 0 Å². The Morgan fingerprint density at radius 1 is 1.45 bits per heavy atom. The van der Waals surface area contributed by atoms with Crippen molar-refractivity contribution in [2.24, 2.45) is 0 Å². The van der Waals surface area contributed by atoms with Crippen LogP contribution in [0.3, 0.4) is 0 Å². The summed E-state index contributed by atoms with van der Waals surface area (Å²) < 4.78 is 18.7.